The van der Waals surface area contributed by atoms with E-state index >= 15 is 0 Å². The minimum atomic E-state index is 0.719. The smallest absolute Gasteiger partial charge is 0.00369 e. The lowest BCUT2D eigenvalue weighted by Crippen LogP contribution is -2.19. The highest BCUT2D eigenvalue weighted by molar-refractivity contribution is 4.49. The van der Waals surface area contributed by atoms with Crippen molar-refractivity contribution in [2.75, 3.05) is 39.3 Å². The van der Waals surface area contributed by atoms with E-state index in [1.54, 1.807) is 0 Å². The van der Waals surface area contributed by atoms with Crippen LogP contribution in [-0.4, -0.2) is 39.3 Å². The highest BCUT2D eigenvalue weighted by atomic mass is 14.8. The second-order valence-corrected chi connectivity index (χ2v) is 3.32. The number of nitrogens with two attached hydrogens (primary N) is 4. The van der Waals surface area contributed by atoms with Gasteiger partial charge in [0.25, 0.3) is 0 Å². The van der Waals surface area contributed by atoms with E-state index in [0.717, 1.165) is 58.5 Å². The third-order valence-corrected chi connectivity index (χ3v) is 1.77. The van der Waals surface area contributed by atoms with Crippen LogP contribution in [0.4, 0.5) is 0 Å². The van der Waals surface area contributed by atoms with Crippen LogP contribution in [0.3, 0.4) is 0 Å². The van der Waals surface area contributed by atoms with Crippen molar-refractivity contribution < 1.29 is 0 Å². The van der Waals surface area contributed by atoms with Crippen LogP contribution in [0.2, 0.25) is 0 Å². The van der Waals surface area contributed by atoms with Gasteiger partial charge in [-0.15, -0.1) is 0 Å². The predicted molar refractivity (Wildman–Crippen MR) is 67.6 cm³/mol. The van der Waals surface area contributed by atoms with Crippen molar-refractivity contribution in [2.45, 2.75) is 25.7 Å². The van der Waals surface area contributed by atoms with E-state index in [1.165, 1.54) is 6.42 Å². The molecule has 0 saturated heterocycles. The van der Waals surface area contributed by atoms with Gasteiger partial charge < -0.3 is 28.3 Å². The monoisotopic (exact) mass is 219 g/mol. The summed E-state index contributed by atoms with van der Waals surface area (Å²) in [5.41, 5.74) is 20.7. The summed E-state index contributed by atoms with van der Waals surface area (Å²) in [5.74, 6) is 0. The zero-order chi connectivity index (χ0) is 11.8. The lowest BCUT2D eigenvalue weighted by Gasteiger charge is -2.01. The Morgan fingerprint density at radius 1 is 0.533 bits per heavy atom. The molecule has 0 atom stereocenters. The molecule has 15 heavy (non-hydrogen) atoms. The molecule has 0 bridgehead atoms. The van der Waals surface area contributed by atoms with Gasteiger partial charge in [0.1, 0.15) is 0 Å². The lowest BCUT2D eigenvalue weighted by molar-refractivity contribution is 0.611. The Hall–Kier alpha value is -0.200. The van der Waals surface area contributed by atoms with Gasteiger partial charge in [-0.1, -0.05) is 0 Å². The Morgan fingerprint density at radius 3 is 1.40 bits per heavy atom. The van der Waals surface area contributed by atoms with Crippen molar-refractivity contribution in [2.24, 2.45) is 22.9 Å². The first kappa shape index (κ1) is 17.2. The lowest BCUT2D eigenvalue weighted by atomic mass is 10.3. The average molecular weight is 219 g/mol. The van der Waals surface area contributed by atoms with Gasteiger partial charge in [0.05, 0.1) is 0 Å². The van der Waals surface area contributed by atoms with Crippen LogP contribution in [0.5, 0.6) is 0 Å². The number of hydrogen-bond donors (Lipinski definition) is 5. The number of nitrogens with one attached hydrogen (secondary N) is 1. The SMILES string of the molecule is NCCCCNCCCN.NCCCN. The Balaban J connectivity index is 0. The molecule has 0 fully saturated rings. The average Bonchev–Trinajstić information content (AvgIpc) is 2.25. The molecule has 0 aliphatic carbocycles. The second kappa shape index (κ2) is 19.4. The molecule has 0 spiro atoms. The van der Waals surface area contributed by atoms with Crippen LogP contribution in [0.25, 0.3) is 0 Å². The molecule has 0 unspecified atom stereocenters. The number of unbranched alkanes of at least 4 members (excludes halogenated alkanes) is 1. The molecular weight excluding hydrogens is 190 g/mol. The first-order valence-corrected chi connectivity index (χ1v) is 5.84. The summed E-state index contributed by atoms with van der Waals surface area (Å²) >= 11 is 0. The van der Waals surface area contributed by atoms with Crippen molar-refractivity contribution in [3.8, 4) is 0 Å². The first-order valence-electron chi connectivity index (χ1n) is 5.84. The van der Waals surface area contributed by atoms with Gasteiger partial charge >= 0.3 is 0 Å². The van der Waals surface area contributed by atoms with E-state index in [4.69, 9.17) is 22.9 Å². The van der Waals surface area contributed by atoms with Crippen LogP contribution >= 0.6 is 0 Å². The molecule has 0 aromatic heterocycles. The van der Waals surface area contributed by atoms with Gasteiger partial charge in [0.2, 0.25) is 0 Å². The molecule has 0 rings (SSSR count). The Kier molecular flexibility index (Phi) is 22.2. The molecule has 0 aliphatic rings. The maximum atomic E-state index is 5.32. The third-order valence-electron chi connectivity index (χ3n) is 1.77. The summed E-state index contributed by atoms with van der Waals surface area (Å²) < 4.78 is 0. The van der Waals surface area contributed by atoms with Gasteiger partial charge in [-0.25, -0.2) is 0 Å². The topological polar surface area (TPSA) is 116 Å². The van der Waals surface area contributed by atoms with Crippen molar-refractivity contribution in [1.29, 1.82) is 0 Å². The largest absolute Gasteiger partial charge is 0.330 e. The quantitative estimate of drug-likeness (QED) is 0.318. The highest BCUT2D eigenvalue weighted by Gasteiger charge is 1.85. The molecule has 0 heterocycles. The summed E-state index contributed by atoms with van der Waals surface area (Å²) in [6.07, 6.45) is 4.32. The van der Waals surface area contributed by atoms with E-state index < -0.39 is 0 Å². The van der Waals surface area contributed by atoms with E-state index in [1.807, 2.05) is 0 Å². The van der Waals surface area contributed by atoms with Crippen LogP contribution in [0, 0.1) is 0 Å². The molecule has 0 aromatic rings. The second-order valence-electron chi connectivity index (χ2n) is 3.32. The van der Waals surface area contributed by atoms with Gasteiger partial charge in [-0.3, -0.25) is 0 Å². The van der Waals surface area contributed by atoms with Gasteiger partial charge in [-0.05, 0) is 65.0 Å². The first-order chi connectivity index (χ1) is 7.33. The molecule has 5 nitrogen and oxygen atoms in total. The summed E-state index contributed by atoms with van der Waals surface area (Å²) in [6, 6.07) is 0. The zero-order valence-corrected chi connectivity index (χ0v) is 9.88. The van der Waals surface area contributed by atoms with E-state index in [0.29, 0.717) is 0 Å². The summed E-state index contributed by atoms with van der Waals surface area (Å²) in [6.45, 7) is 5.15. The van der Waals surface area contributed by atoms with E-state index in [-0.39, 0.29) is 0 Å². The molecule has 0 radical (unpaired) electrons. The molecule has 5 heteroatoms. The fraction of sp³-hybridized carbons (Fsp3) is 1.00. The van der Waals surface area contributed by atoms with Crippen molar-refractivity contribution in [1.82, 2.24) is 5.32 Å². The van der Waals surface area contributed by atoms with Gasteiger partial charge in [0.15, 0.2) is 0 Å². The minimum Gasteiger partial charge on any atom is -0.330 e. The number of hydrogen-bond acceptors (Lipinski definition) is 5. The van der Waals surface area contributed by atoms with Crippen molar-refractivity contribution >= 4 is 0 Å². The normalized spacial score (nSPS) is 9.60. The zero-order valence-electron chi connectivity index (χ0n) is 9.88. The highest BCUT2D eigenvalue weighted by Crippen LogP contribution is 1.81. The van der Waals surface area contributed by atoms with Gasteiger partial charge in [-0.2, -0.15) is 0 Å². The number of rotatable bonds is 9. The minimum absolute atomic E-state index is 0.719. The van der Waals surface area contributed by atoms with Crippen LogP contribution in [0.15, 0.2) is 0 Å². The maximum absolute atomic E-state index is 5.32. The summed E-state index contributed by atoms with van der Waals surface area (Å²) in [5, 5.41) is 3.29. The van der Waals surface area contributed by atoms with Crippen LogP contribution in [0.1, 0.15) is 25.7 Å². The fourth-order valence-corrected chi connectivity index (χ4v) is 0.864. The Labute approximate surface area is 93.9 Å². The van der Waals surface area contributed by atoms with Crippen LogP contribution < -0.4 is 28.3 Å². The van der Waals surface area contributed by atoms with Crippen molar-refractivity contribution in [3.63, 3.8) is 0 Å². The Bertz CT molecular complexity index is 79.9. The molecular formula is C10H29N5. The molecule has 94 valence electrons. The summed E-state index contributed by atoms with van der Waals surface area (Å²) in [4.78, 5) is 0. The fourth-order valence-electron chi connectivity index (χ4n) is 0.864. The maximum Gasteiger partial charge on any atom is -0.00369 e. The van der Waals surface area contributed by atoms with E-state index in [2.05, 4.69) is 5.32 Å². The van der Waals surface area contributed by atoms with Gasteiger partial charge in [0, 0.05) is 0 Å². The van der Waals surface area contributed by atoms with Crippen LogP contribution in [-0.2, 0) is 0 Å². The predicted octanol–water partition coefficient (Wildman–Crippen LogP) is -1.04. The molecule has 0 aliphatic heterocycles. The molecule has 0 amide bonds. The molecule has 0 aromatic carbocycles. The standard InChI is InChI=1S/C7H19N3.C3H10N2/c8-4-1-2-6-10-7-3-5-9;4-2-1-3-5/h10H,1-9H2;1-5H2. The molecule has 9 N–H and O–H groups in total. The van der Waals surface area contributed by atoms with Crippen molar-refractivity contribution in [3.05, 3.63) is 0 Å². The Morgan fingerprint density at radius 2 is 1.00 bits per heavy atom. The third kappa shape index (κ3) is 24.8. The summed E-state index contributed by atoms with van der Waals surface area (Å²) in [7, 11) is 0. The molecule has 0 saturated carbocycles. The van der Waals surface area contributed by atoms with E-state index in [9.17, 15) is 0 Å².